The highest BCUT2D eigenvalue weighted by Crippen LogP contribution is 2.23. The van der Waals surface area contributed by atoms with Gasteiger partial charge in [0.1, 0.15) is 5.75 Å². The fourth-order valence-corrected chi connectivity index (χ4v) is 1.67. The summed E-state index contributed by atoms with van der Waals surface area (Å²) >= 11 is 0. The first-order valence-electron chi connectivity index (χ1n) is 4.92. The molecule has 3 heteroatoms. The van der Waals surface area contributed by atoms with Gasteiger partial charge in [0.15, 0.2) is 0 Å². The quantitative estimate of drug-likeness (QED) is 0.705. The molecule has 1 N–H and O–H groups in total. The van der Waals surface area contributed by atoms with Crippen molar-refractivity contribution in [2.75, 3.05) is 13.6 Å². The van der Waals surface area contributed by atoms with Crippen LogP contribution in [0.2, 0.25) is 0 Å². The van der Waals surface area contributed by atoms with E-state index in [2.05, 4.69) is 0 Å². The van der Waals surface area contributed by atoms with Crippen LogP contribution in [0.1, 0.15) is 12.0 Å². The zero-order valence-electron chi connectivity index (χ0n) is 8.60. The molecule has 1 aliphatic heterocycles. The number of nitrogens with zero attached hydrogens (tertiary/aromatic N) is 1. The molecule has 0 aromatic heterocycles. The minimum absolute atomic E-state index is 0.0539. The first-order chi connectivity index (χ1) is 7.18. The zero-order chi connectivity index (χ0) is 10.8. The number of hydrogen-bond acceptors (Lipinski definition) is 2. The number of para-hydroxylation sites is 1. The molecular formula is C12H13NO2. The number of likely N-dealkylation sites (tertiary alicyclic amines) is 1. The summed E-state index contributed by atoms with van der Waals surface area (Å²) in [6, 6.07) is 7.03. The highest BCUT2D eigenvalue weighted by molar-refractivity contribution is 5.99. The van der Waals surface area contributed by atoms with Gasteiger partial charge in [-0.25, -0.2) is 0 Å². The monoisotopic (exact) mass is 203 g/mol. The molecule has 78 valence electrons. The summed E-state index contributed by atoms with van der Waals surface area (Å²) in [4.78, 5) is 13.3. The summed E-state index contributed by atoms with van der Waals surface area (Å²) in [7, 11) is 1.79. The van der Waals surface area contributed by atoms with Crippen LogP contribution in [0.25, 0.3) is 6.08 Å². The van der Waals surface area contributed by atoms with E-state index in [0.717, 1.165) is 18.5 Å². The van der Waals surface area contributed by atoms with Crippen molar-refractivity contribution in [3.05, 3.63) is 35.4 Å². The Bertz CT molecular complexity index is 423. The van der Waals surface area contributed by atoms with E-state index in [1.807, 2.05) is 6.07 Å². The lowest BCUT2D eigenvalue weighted by Crippen LogP contribution is -2.18. The molecule has 0 saturated carbocycles. The molecule has 0 radical (unpaired) electrons. The predicted octanol–water partition coefficient (Wildman–Crippen LogP) is 1.64. The Morgan fingerprint density at radius 2 is 2.13 bits per heavy atom. The van der Waals surface area contributed by atoms with Crippen molar-refractivity contribution < 1.29 is 9.90 Å². The van der Waals surface area contributed by atoms with Gasteiger partial charge >= 0.3 is 0 Å². The lowest BCUT2D eigenvalue weighted by atomic mass is 10.1. The van der Waals surface area contributed by atoms with E-state index in [0.29, 0.717) is 5.56 Å². The van der Waals surface area contributed by atoms with Gasteiger partial charge in [0, 0.05) is 24.7 Å². The number of carbonyl (C=O) groups excluding carboxylic acids is 1. The van der Waals surface area contributed by atoms with Gasteiger partial charge in [-0.15, -0.1) is 0 Å². The number of aromatic hydroxyl groups is 1. The predicted molar refractivity (Wildman–Crippen MR) is 58.3 cm³/mol. The lowest BCUT2D eigenvalue weighted by Gasteiger charge is -2.04. The molecule has 0 aliphatic carbocycles. The van der Waals surface area contributed by atoms with Crippen molar-refractivity contribution in [3.8, 4) is 5.75 Å². The number of hydrogen-bond donors (Lipinski definition) is 1. The summed E-state index contributed by atoms with van der Waals surface area (Å²) in [5.74, 6) is 0.269. The maximum absolute atomic E-state index is 11.6. The summed E-state index contributed by atoms with van der Waals surface area (Å²) in [6.45, 7) is 0.762. The molecule has 1 aromatic rings. The molecule has 1 aromatic carbocycles. The SMILES string of the molecule is CN1CCC(=Cc2ccccc2O)C1=O. The third kappa shape index (κ3) is 1.86. The Labute approximate surface area is 88.6 Å². The topological polar surface area (TPSA) is 40.5 Å². The molecule has 1 fully saturated rings. The number of carbonyl (C=O) groups is 1. The number of phenols is 1. The van der Waals surface area contributed by atoms with Gasteiger partial charge in [-0.2, -0.15) is 0 Å². The molecule has 0 atom stereocenters. The van der Waals surface area contributed by atoms with Crippen LogP contribution in [0, 0.1) is 0 Å². The van der Waals surface area contributed by atoms with Crippen LogP contribution >= 0.6 is 0 Å². The molecule has 1 saturated heterocycles. The van der Waals surface area contributed by atoms with Crippen LogP contribution in [0.5, 0.6) is 5.75 Å². The van der Waals surface area contributed by atoms with E-state index in [4.69, 9.17) is 0 Å². The third-order valence-electron chi connectivity index (χ3n) is 2.60. The maximum Gasteiger partial charge on any atom is 0.249 e. The molecule has 2 rings (SSSR count). The van der Waals surface area contributed by atoms with E-state index < -0.39 is 0 Å². The van der Waals surface area contributed by atoms with E-state index in [1.165, 1.54) is 0 Å². The number of benzene rings is 1. The molecular weight excluding hydrogens is 190 g/mol. The van der Waals surface area contributed by atoms with Gasteiger partial charge in [-0.3, -0.25) is 4.79 Å². The summed E-state index contributed by atoms with van der Waals surface area (Å²) in [6.07, 6.45) is 2.52. The van der Waals surface area contributed by atoms with Crippen molar-refractivity contribution in [3.63, 3.8) is 0 Å². The van der Waals surface area contributed by atoms with Crippen LogP contribution < -0.4 is 0 Å². The van der Waals surface area contributed by atoms with Crippen molar-refractivity contribution >= 4 is 12.0 Å². The molecule has 0 bridgehead atoms. The van der Waals surface area contributed by atoms with Crippen molar-refractivity contribution in [1.29, 1.82) is 0 Å². The Balaban J connectivity index is 2.32. The number of rotatable bonds is 1. The molecule has 1 amide bonds. The normalized spacial score (nSPS) is 18.9. The van der Waals surface area contributed by atoms with Crippen molar-refractivity contribution in [2.24, 2.45) is 0 Å². The molecule has 1 aliphatic rings. The van der Waals surface area contributed by atoms with Gasteiger partial charge in [0.2, 0.25) is 5.91 Å². The van der Waals surface area contributed by atoms with E-state index in [1.54, 1.807) is 36.2 Å². The second kappa shape index (κ2) is 3.77. The number of phenolic OH excluding ortho intramolecular Hbond substituents is 1. The van der Waals surface area contributed by atoms with Gasteiger partial charge in [0.25, 0.3) is 0 Å². The van der Waals surface area contributed by atoms with Crippen LogP contribution in [-0.2, 0) is 4.79 Å². The number of likely N-dealkylation sites (N-methyl/N-ethyl adjacent to an activating group) is 1. The molecule has 0 unspecified atom stereocenters. The Morgan fingerprint density at radius 1 is 1.40 bits per heavy atom. The largest absolute Gasteiger partial charge is 0.507 e. The smallest absolute Gasteiger partial charge is 0.249 e. The van der Waals surface area contributed by atoms with E-state index in [9.17, 15) is 9.90 Å². The molecule has 3 nitrogen and oxygen atoms in total. The molecule has 1 heterocycles. The van der Waals surface area contributed by atoms with Crippen LogP contribution in [-0.4, -0.2) is 29.5 Å². The van der Waals surface area contributed by atoms with Crippen LogP contribution in [0.3, 0.4) is 0 Å². The summed E-state index contributed by atoms with van der Waals surface area (Å²) in [5.41, 5.74) is 1.47. The second-order valence-electron chi connectivity index (χ2n) is 3.71. The van der Waals surface area contributed by atoms with E-state index >= 15 is 0 Å². The zero-order valence-corrected chi connectivity index (χ0v) is 8.60. The molecule has 0 spiro atoms. The van der Waals surface area contributed by atoms with Crippen LogP contribution in [0.15, 0.2) is 29.8 Å². The Hall–Kier alpha value is -1.77. The Morgan fingerprint density at radius 3 is 2.73 bits per heavy atom. The minimum atomic E-state index is 0.0539. The highest BCUT2D eigenvalue weighted by Gasteiger charge is 2.22. The van der Waals surface area contributed by atoms with Gasteiger partial charge < -0.3 is 10.0 Å². The van der Waals surface area contributed by atoms with Crippen molar-refractivity contribution in [2.45, 2.75) is 6.42 Å². The standard InChI is InChI=1S/C12H13NO2/c1-13-7-6-10(12(13)15)8-9-4-2-3-5-11(9)14/h2-5,8,14H,6-7H2,1H3. The fourth-order valence-electron chi connectivity index (χ4n) is 1.67. The number of amides is 1. The van der Waals surface area contributed by atoms with Crippen LogP contribution in [0.4, 0.5) is 0 Å². The Kier molecular flexibility index (Phi) is 2.46. The van der Waals surface area contributed by atoms with Gasteiger partial charge in [0.05, 0.1) is 0 Å². The van der Waals surface area contributed by atoms with Gasteiger partial charge in [-0.1, -0.05) is 18.2 Å². The summed E-state index contributed by atoms with van der Waals surface area (Å²) < 4.78 is 0. The average Bonchev–Trinajstić information content (AvgIpc) is 2.53. The van der Waals surface area contributed by atoms with Gasteiger partial charge in [-0.05, 0) is 18.6 Å². The highest BCUT2D eigenvalue weighted by atomic mass is 16.3. The molecule has 15 heavy (non-hydrogen) atoms. The first kappa shape index (κ1) is 9.77. The maximum atomic E-state index is 11.6. The van der Waals surface area contributed by atoms with Crippen molar-refractivity contribution in [1.82, 2.24) is 4.90 Å². The first-order valence-corrected chi connectivity index (χ1v) is 4.92. The fraction of sp³-hybridized carbons (Fsp3) is 0.250. The third-order valence-corrected chi connectivity index (χ3v) is 2.60. The van der Waals surface area contributed by atoms with E-state index in [-0.39, 0.29) is 11.7 Å². The second-order valence-corrected chi connectivity index (χ2v) is 3.71. The minimum Gasteiger partial charge on any atom is -0.507 e. The average molecular weight is 203 g/mol. The summed E-state index contributed by atoms with van der Waals surface area (Å²) in [5, 5.41) is 9.55. The lowest BCUT2D eigenvalue weighted by molar-refractivity contribution is -0.123.